The molecule has 0 radical (unpaired) electrons. The van der Waals surface area contributed by atoms with Crippen LogP contribution < -0.4 is 10.5 Å². The highest BCUT2D eigenvalue weighted by atomic mass is 16.6. The maximum absolute atomic E-state index is 11.9. The van der Waals surface area contributed by atoms with E-state index in [-0.39, 0.29) is 5.97 Å². The predicted molar refractivity (Wildman–Crippen MR) is 104 cm³/mol. The van der Waals surface area contributed by atoms with Crippen LogP contribution in [0.15, 0.2) is 24.3 Å². The molecule has 1 unspecified atom stereocenters. The minimum Gasteiger partial charge on any atom is -0.479 e. The monoisotopic (exact) mass is 349 g/mol. The van der Waals surface area contributed by atoms with E-state index in [1.54, 1.807) is 24.3 Å². The SMILES string of the molecule is CCCCCCCCCCCCC(Oc1ccc(N)cc1)C(=O)OC. The van der Waals surface area contributed by atoms with Gasteiger partial charge in [-0.2, -0.15) is 0 Å². The molecule has 0 aromatic heterocycles. The Morgan fingerprint density at radius 1 is 0.920 bits per heavy atom. The van der Waals surface area contributed by atoms with Gasteiger partial charge >= 0.3 is 5.97 Å². The lowest BCUT2D eigenvalue weighted by Gasteiger charge is -2.17. The molecular weight excluding hydrogens is 314 g/mol. The number of esters is 1. The van der Waals surface area contributed by atoms with Crippen LogP contribution in [-0.2, 0) is 9.53 Å². The normalized spacial score (nSPS) is 11.9. The molecule has 4 heteroatoms. The summed E-state index contributed by atoms with van der Waals surface area (Å²) < 4.78 is 10.6. The third-order valence-corrected chi connectivity index (χ3v) is 4.44. The highest BCUT2D eigenvalue weighted by Gasteiger charge is 2.20. The number of nitrogen functional groups attached to an aromatic ring is 1. The number of carbonyl (C=O) groups excluding carboxylic acids is 1. The molecule has 1 atom stereocenters. The van der Waals surface area contributed by atoms with Crippen LogP contribution >= 0.6 is 0 Å². The Hall–Kier alpha value is -1.71. The van der Waals surface area contributed by atoms with Crippen molar-refractivity contribution >= 4 is 11.7 Å². The fraction of sp³-hybridized carbons (Fsp3) is 0.667. The predicted octanol–water partition coefficient (Wildman–Crippen LogP) is 5.50. The summed E-state index contributed by atoms with van der Waals surface area (Å²) in [6.07, 6.45) is 12.9. The highest BCUT2D eigenvalue weighted by Crippen LogP contribution is 2.18. The van der Waals surface area contributed by atoms with E-state index in [2.05, 4.69) is 6.92 Å². The van der Waals surface area contributed by atoms with Gasteiger partial charge < -0.3 is 15.2 Å². The number of carbonyl (C=O) groups is 1. The van der Waals surface area contributed by atoms with E-state index >= 15 is 0 Å². The molecule has 1 aromatic rings. The molecule has 142 valence electrons. The van der Waals surface area contributed by atoms with E-state index in [1.807, 2.05) is 0 Å². The Balaban J connectivity index is 2.19. The van der Waals surface area contributed by atoms with E-state index in [9.17, 15) is 4.79 Å². The first-order chi connectivity index (χ1) is 12.2. The molecule has 1 rings (SSSR count). The van der Waals surface area contributed by atoms with E-state index in [1.165, 1.54) is 58.5 Å². The van der Waals surface area contributed by atoms with Crippen LogP contribution in [0.3, 0.4) is 0 Å². The van der Waals surface area contributed by atoms with Crippen LogP contribution in [0.2, 0.25) is 0 Å². The van der Waals surface area contributed by atoms with Gasteiger partial charge in [-0.05, 0) is 37.1 Å². The van der Waals surface area contributed by atoms with Crippen LogP contribution in [-0.4, -0.2) is 19.2 Å². The van der Waals surface area contributed by atoms with Crippen LogP contribution in [0, 0.1) is 0 Å². The zero-order valence-corrected chi connectivity index (χ0v) is 16.0. The molecule has 0 aliphatic rings. The van der Waals surface area contributed by atoms with Crippen molar-refractivity contribution in [3.8, 4) is 5.75 Å². The van der Waals surface area contributed by atoms with Crippen molar-refractivity contribution in [3.05, 3.63) is 24.3 Å². The summed E-state index contributed by atoms with van der Waals surface area (Å²) in [7, 11) is 1.40. The summed E-state index contributed by atoms with van der Waals surface area (Å²) in [5, 5.41) is 0. The Kier molecular flexibility index (Phi) is 11.6. The number of unbranched alkanes of at least 4 members (excludes halogenated alkanes) is 9. The van der Waals surface area contributed by atoms with Crippen molar-refractivity contribution in [2.75, 3.05) is 12.8 Å². The maximum atomic E-state index is 11.9. The summed E-state index contributed by atoms with van der Waals surface area (Å²) >= 11 is 0. The van der Waals surface area contributed by atoms with Gasteiger partial charge in [0.1, 0.15) is 5.75 Å². The molecule has 0 amide bonds. The number of ether oxygens (including phenoxy) is 2. The Morgan fingerprint density at radius 3 is 1.96 bits per heavy atom. The Labute approximate surface area is 153 Å². The summed E-state index contributed by atoms with van der Waals surface area (Å²) in [5.41, 5.74) is 6.35. The van der Waals surface area contributed by atoms with Crippen molar-refractivity contribution in [1.29, 1.82) is 0 Å². The van der Waals surface area contributed by atoms with Gasteiger partial charge in [-0.1, -0.05) is 64.7 Å². The van der Waals surface area contributed by atoms with Crippen molar-refractivity contribution in [1.82, 2.24) is 0 Å². The minimum atomic E-state index is -0.539. The molecule has 0 saturated heterocycles. The molecule has 4 nitrogen and oxygen atoms in total. The highest BCUT2D eigenvalue weighted by molar-refractivity contribution is 5.74. The van der Waals surface area contributed by atoms with Crippen molar-refractivity contribution < 1.29 is 14.3 Å². The Morgan fingerprint density at radius 2 is 1.44 bits per heavy atom. The third-order valence-electron chi connectivity index (χ3n) is 4.44. The second kappa shape index (κ2) is 13.6. The number of hydrogen-bond donors (Lipinski definition) is 1. The fourth-order valence-electron chi connectivity index (χ4n) is 2.88. The van der Waals surface area contributed by atoms with E-state index in [4.69, 9.17) is 15.2 Å². The molecule has 0 spiro atoms. The zero-order valence-electron chi connectivity index (χ0n) is 16.0. The molecule has 0 aliphatic carbocycles. The largest absolute Gasteiger partial charge is 0.479 e. The summed E-state index contributed by atoms with van der Waals surface area (Å²) in [6, 6.07) is 7.10. The number of anilines is 1. The molecule has 0 bridgehead atoms. The van der Waals surface area contributed by atoms with Crippen LogP contribution in [0.1, 0.15) is 77.6 Å². The first kappa shape index (κ1) is 21.3. The minimum absolute atomic E-state index is 0.312. The smallest absolute Gasteiger partial charge is 0.347 e. The number of methoxy groups -OCH3 is 1. The summed E-state index contributed by atoms with van der Waals surface area (Å²) in [4.78, 5) is 11.9. The molecule has 1 aromatic carbocycles. The van der Waals surface area contributed by atoms with Gasteiger partial charge in [0.05, 0.1) is 7.11 Å². The summed E-state index contributed by atoms with van der Waals surface area (Å²) in [5.74, 6) is 0.337. The fourth-order valence-corrected chi connectivity index (χ4v) is 2.88. The average molecular weight is 350 g/mol. The standard InChI is InChI=1S/C21H35NO3/c1-3-4-5-6-7-8-9-10-11-12-13-20(21(23)24-2)25-19-16-14-18(22)15-17-19/h14-17,20H,3-13,22H2,1-2H3. The maximum Gasteiger partial charge on any atom is 0.347 e. The van der Waals surface area contributed by atoms with Crippen LogP contribution in [0.25, 0.3) is 0 Å². The molecule has 0 fully saturated rings. The topological polar surface area (TPSA) is 61.5 Å². The molecule has 0 saturated carbocycles. The van der Waals surface area contributed by atoms with E-state index in [0.29, 0.717) is 17.9 Å². The Bertz CT molecular complexity index is 459. The van der Waals surface area contributed by atoms with Crippen molar-refractivity contribution in [2.24, 2.45) is 0 Å². The van der Waals surface area contributed by atoms with E-state index < -0.39 is 6.10 Å². The quantitative estimate of drug-likeness (QED) is 0.274. The second-order valence-electron chi connectivity index (χ2n) is 6.67. The third kappa shape index (κ3) is 10.0. The molecule has 0 heterocycles. The number of rotatable bonds is 14. The lowest BCUT2D eigenvalue weighted by molar-refractivity contribution is -0.149. The van der Waals surface area contributed by atoms with Gasteiger partial charge in [-0.15, -0.1) is 0 Å². The molecular formula is C21H35NO3. The second-order valence-corrected chi connectivity index (χ2v) is 6.67. The van der Waals surface area contributed by atoms with Gasteiger partial charge in [0.15, 0.2) is 6.10 Å². The first-order valence-corrected chi connectivity index (χ1v) is 9.77. The van der Waals surface area contributed by atoms with E-state index in [0.717, 1.165) is 12.8 Å². The van der Waals surface area contributed by atoms with Crippen molar-refractivity contribution in [2.45, 2.75) is 83.7 Å². The van der Waals surface area contributed by atoms with Gasteiger partial charge in [-0.3, -0.25) is 0 Å². The van der Waals surface area contributed by atoms with Gasteiger partial charge in [0, 0.05) is 5.69 Å². The number of nitrogens with two attached hydrogens (primary N) is 1. The molecule has 2 N–H and O–H groups in total. The first-order valence-electron chi connectivity index (χ1n) is 9.77. The lowest BCUT2D eigenvalue weighted by Crippen LogP contribution is -2.28. The van der Waals surface area contributed by atoms with Crippen LogP contribution in [0.4, 0.5) is 5.69 Å². The number of hydrogen-bond acceptors (Lipinski definition) is 4. The average Bonchev–Trinajstić information content (AvgIpc) is 2.63. The van der Waals surface area contributed by atoms with Gasteiger partial charge in [-0.25, -0.2) is 4.79 Å². The number of benzene rings is 1. The van der Waals surface area contributed by atoms with Gasteiger partial charge in [0.25, 0.3) is 0 Å². The van der Waals surface area contributed by atoms with Crippen LogP contribution in [0.5, 0.6) is 5.75 Å². The lowest BCUT2D eigenvalue weighted by atomic mass is 10.0. The molecule has 25 heavy (non-hydrogen) atoms. The zero-order chi connectivity index (χ0) is 18.3. The molecule has 0 aliphatic heterocycles. The summed E-state index contributed by atoms with van der Waals surface area (Å²) in [6.45, 7) is 2.25. The van der Waals surface area contributed by atoms with Crippen molar-refractivity contribution in [3.63, 3.8) is 0 Å². The van der Waals surface area contributed by atoms with Gasteiger partial charge in [0.2, 0.25) is 0 Å².